The highest BCUT2D eigenvalue weighted by Gasteiger charge is 2.23. The lowest BCUT2D eigenvalue weighted by Gasteiger charge is -2.17. The molecule has 2 N–H and O–H groups in total. The summed E-state index contributed by atoms with van der Waals surface area (Å²) in [6, 6.07) is 5.64. The molecule has 0 unspecified atom stereocenters. The van der Waals surface area contributed by atoms with Crippen LogP contribution in [0.3, 0.4) is 0 Å². The van der Waals surface area contributed by atoms with Crippen molar-refractivity contribution in [2.75, 3.05) is 33.9 Å². The minimum atomic E-state index is 0.0544. The first-order valence-electron chi connectivity index (χ1n) is 10.7. The second kappa shape index (κ2) is 11.2. The van der Waals surface area contributed by atoms with Gasteiger partial charge in [-0.25, -0.2) is 4.99 Å². The molecule has 1 atom stereocenters. The van der Waals surface area contributed by atoms with Crippen LogP contribution < -0.4 is 20.1 Å². The van der Waals surface area contributed by atoms with Crippen LogP contribution in [-0.2, 0) is 9.53 Å². The summed E-state index contributed by atoms with van der Waals surface area (Å²) in [4.78, 5) is 20.8. The Labute approximate surface area is 188 Å². The maximum absolute atomic E-state index is 11.5. The van der Waals surface area contributed by atoms with Gasteiger partial charge in [0, 0.05) is 49.5 Å². The third kappa shape index (κ3) is 5.80. The fourth-order valence-corrected chi connectivity index (χ4v) is 3.45. The maximum Gasteiger partial charge on any atom is 0.220 e. The van der Waals surface area contributed by atoms with E-state index >= 15 is 0 Å². The van der Waals surface area contributed by atoms with Crippen molar-refractivity contribution in [2.24, 2.45) is 15.9 Å². The van der Waals surface area contributed by atoms with E-state index < -0.39 is 0 Å². The summed E-state index contributed by atoms with van der Waals surface area (Å²) in [6.45, 7) is 5.33. The Morgan fingerprint density at radius 1 is 1.34 bits per heavy atom. The number of amides is 1. The highest BCUT2D eigenvalue weighted by atomic mass is 16.5. The largest absolute Gasteiger partial charge is 0.493 e. The molecule has 1 aromatic carbocycles. The normalized spacial score (nSPS) is 18.6. The molecule has 8 nitrogen and oxygen atoms in total. The zero-order valence-corrected chi connectivity index (χ0v) is 19.0. The number of nitrogens with one attached hydrogen (secondary N) is 2. The summed E-state index contributed by atoms with van der Waals surface area (Å²) in [5, 5.41) is 6.03. The molecule has 8 heteroatoms. The third-order valence-electron chi connectivity index (χ3n) is 5.07. The predicted molar refractivity (Wildman–Crippen MR) is 125 cm³/mol. The number of carbonyl (C=O) groups excluding carboxylic acids is 1. The summed E-state index contributed by atoms with van der Waals surface area (Å²) < 4.78 is 17.2. The number of benzene rings is 1. The van der Waals surface area contributed by atoms with E-state index in [-0.39, 0.29) is 11.8 Å². The number of ether oxygens (including phenoxy) is 3. The van der Waals surface area contributed by atoms with Crippen molar-refractivity contribution in [1.82, 2.24) is 10.6 Å². The van der Waals surface area contributed by atoms with Gasteiger partial charge in [0.05, 0.1) is 32.4 Å². The smallest absolute Gasteiger partial charge is 0.220 e. The average Bonchev–Trinajstić information content (AvgIpc) is 3.21. The van der Waals surface area contributed by atoms with Crippen molar-refractivity contribution in [1.29, 1.82) is 0 Å². The highest BCUT2D eigenvalue weighted by molar-refractivity contribution is 5.86. The first kappa shape index (κ1) is 23.2. The quantitative estimate of drug-likeness (QED) is 0.481. The fourth-order valence-electron chi connectivity index (χ4n) is 3.45. The first-order chi connectivity index (χ1) is 15.6. The predicted octanol–water partition coefficient (Wildman–Crippen LogP) is 3.07. The van der Waals surface area contributed by atoms with Crippen molar-refractivity contribution in [2.45, 2.75) is 26.7 Å². The third-order valence-corrected chi connectivity index (χ3v) is 5.07. The fraction of sp³-hybridized carbons (Fsp3) is 0.417. The van der Waals surface area contributed by atoms with Crippen LogP contribution >= 0.6 is 0 Å². The van der Waals surface area contributed by atoms with Crippen LogP contribution in [0.1, 0.15) is 32.3 Å². The van der Waals surface area contributed by atoms with E-state index in [2.05, 4.69) is 21.4 Å². The molecule has 2 aliphatic heterocycles. The number of allylic oxidation sites excluding steroid dienone is 1. The molecule has 1 aromatic rings. The van der Waals surface area contributed by atoms with Crippen molar-refractivity contribution in [3.05, 3.63) is 47.0 Å². The van der Waals surface area contributed by atoms with Gasteiger partial charge in [-0.15, -0.1) is 0 Å². The van der Waals surface area contributed by atoms with Gasteiger partial charge in [0.1, 0.15) is 5.70 Å². The monoisotopic (exact) mass is 438 g/mol. The number of nitrogens with zero attached hydrogens (tertiary/aromatic N) is 2. The number of aliphatic imine (C=N–C) groups is 2. The van der Waals surface area contributed by atoms with Gasteiger partial charge in [-0.2, -0.15) is 0 Å². The Balaban J connectivity index is 2.00. The van der Waals surface area contributed by atoms with Gasteiger partial charge in [0.2, 0.25) is 5.91 Å². The van der Waals surface area contributed by atoms with Crippen molar-refractivity contribution in [3.63, 3.8) is 0 Å². The van der Waals surface area contributed by atoms with Crippen molar-refractivity contribution >= 4 is 23.7 Å². The van der Waals surface area contributed by atoms with E-state index in [1.54, 1.807) is 13.3 Å². The summed E-state index contributed by atoms with van der Waals surface area (Å²) >= 11 is 0. The topological polar surface area (TPSA) is 93.5 Å². The van der Waals surface area contributed by atoms with Gasteiger partial charge >= 0.3 is 0 Å². The van der Waals surface area contributed by atoms with Gasteiger partial charge in [-0.1, -0.05) is 5.73 Å². The van der Waals surface area contributed by atoms with Crippen LogP contribution in [0.4, 0.5) is 0 Å². The molecule has 1 amide bonds. The zero-order valence-electron chi connectivity index (χ0n) is 19.0. The maximum atomic E-state index is 11.5. The Morgan fingerprint density at radius 2 is 2.19 bits per heavy atom. The van der Waals surface area contributed by atoms with E-state index in [1.165, 1.54) is 0 Å². The lowest BCUT2D eigenvalue weighted by atomic mass is 10.1. The average molecular weight is 439 g/mol. The van der Waals surface area contributed by atoms with E-state index in [4.69, 9.17) is 19.2 Å². The van der Waals surface area contributed by atoms with Gasteiger partial charge in [-0.05, 0) is 32.0 Å². The second-order valence-corrected chi connectivity index (χ2v) is 7.30. The van der Waals surface area contributed by atoms with Gasteiger partial charge in [-0.3, -0.25) is 9.79 Å². The number of hydrogen-bond donors (Lipinski definition) is 2. The number of carbonyl (C=O) groups is 1. The molecule has 0 aromatic heterocycles. The highest BCUT2D eigenvalue weighted by Crippen LogP contribution is 2.31. The molecule has 0 bridgehead atoms. The Morgan fingerprint density at radius 3 is 2.84 bits per heavy atom. The van der Waals surface area contributed by atoms with Crippen LogP contribution in [0.5, 0.6) is 11.5 Å². The molecule has 0 spiro atoms. The first-order valence-corrected chi connectivity index (χ1v) is 10.7. The Kier molecular flexibility index (Phi) is 8.11. The molecular formula is C24H30N4O4. The van der Waals surface area contributed by atoms with Crippen LogP contribution in [0.2, 0.25) is 0 Å². The number of hydrogen-bond acceptors (Lipinski definition) is 7. The van der Waals surface area contributed by atoms with E-state index in [0.29, 0.717) is 55.7 Å². The van der Waals surface area contributed by atoms with E-state index in [0.717, 1.165) is 17.0 Å². The van der Waals surface area contributed by atoms with Crippen molar-refractivity contribution < 1.29 is 19.0 Å². The molecule has 0 saturated carbocycles. The minimum Gasteiger partial charge on any atom is -0.493 e. The van der Waals surface area contributed by atoms with Crippen molar-refractivity contribution in [3.8, 4) is 11.5 Å². The summed E-state index contributed by atoms with van der Waals surface area (Å²) in [6.07, 6.45) is 4.45. The molecule has 1 saturated heterocycles. The standard InChI is InChI=1S/C24H30N4O4/c1-5-26-19-9-8-18(17-7-10-21(30-4)22(12-17)31-6-2)28-24(13-20(19)25-3)32-15-16-11-23(29)27-14-16/h5,7,9-10,12,16,25H,6,11,13-15H2,1-4H3,(H,27,29)/t8?,16-/m1/s1. The zero-order chi connectivity index (χ0) is 22.9. The van der Waals surface area contributed by atoms with Crippen LogP contribution in [0, 0.1) is 5.92 Å². The molecular weight excluding hydrogens is 408 g/mol. The number of rotatable bonds is 8. The molecule has 1 fully saturated rings. The van der Waals surface area contributed by atoms with Gasteiger partial charge in [0.25, 0.3) is 0 Å². The molecule has 3 rings (SSSR count). The lowest BCUT2D eigenvalue weighted by Crippen LogP contribution is -2.20. The molecule has 170 valence electrons. The minimum absolute atomic E-state index is 0.0544. The van der Waals surface area contributed by atoms with E-state index in [1.807, 2.05) is 45.2 Å². The Bertz CT molecular complexity index is 1000. The van der Waals surface area contributed by atoms with Crippen LogP contribution in [-0.4, -0.2) is 51.9 Å². The van der Waals surface area contributed by atoms with Crippen LogP contribution in [0.25, 0.3) is 5.70 Å². The summed E-state index contributed by atoms with van der Waals surface area (Å²) in [5.41, 5.74) is 6.30. The van der Waals surface area contributed by atoms with Gasteiger partial charge in [0.15, 0.2) is 17.4 Å². The van der Waals surface area contributed by atoms with Crippen LogP contribution in [0.15, 0.2) is 51.4 Å². The summed E-state index contributed by atoms with van der Waals surface area (Å²) in [7, 11) is 3.45. The molecule has 2 aliphatic rings. The SMILES string of the molecule is CC=NC1=C(NC)CC(OC[C@H]2CNC(=O)C2)=NC(c2ccc(OC)c(OCC)c2)=C=C1. The molecule has 0 aliphatic carbocycles. The summed E-state index contributed by atoms with van der Waals surface area (Å²) in [5.74, 6) is 1.99. The lowest BCUT2D eigenvalue weighted by molar-refractivity contribution is -0.119. The second-order valence-electron chi connectivity index (χ2n) is 7.30. The van der Waals surface area contributed by atoms with E-state index in [9.17, 15) is 4.79 Å². The van der Waals surface area contributed by atoms with Gasteiger partial charge < -0.3 is 24.8 Å². The molecule has 0 radical (unpaired) electrons. The Hall–Kier alpha value is -3.51. The molecule has 32 heavy (non-hydrogen) atoms. The molecule has 2 heterocycles. The number of methoxy groups -OCH3 is 1.